The van der Waals surface area contributed by atoms with Gasteiger partial charge in [0.05, 0.1) is 5.69 Å². The van der Waals surface area contributed by atoms with Crippen LogP contribution in [0.15, 0.2) is 34.3 Å². The number of fused-ring (bicyclic) bond motifs is 1. The first-order chi connectivity index (χ1) is 13.6. The molecule has 0 radical (unpaired) electrons. The fourth-order valence-electron chi connectivity index (χ4n) is 3.86. The molecule has 3 aromatic heterocycles. The summed E-state index contributed by atoms with van der Waals surface area (Å²) in [4.78, 5) is 16.9. The van der Waals surface area contributed by atoms with E-state index in [0.717, 1.165) is 30.1 Å². The molecule has 1 aliphatic rings. The summed E-state index contributed by atoms with van der Waals surface area (Å²) >= 11 is 1.46. The molecule has 7 nitrogen and oxygen atoms in total. The number of aryl methyl sites for hydroxylation is 2. The van der Waals surface area contributed by atoms with Gasteiger partial charge in [-0.25, -0.2) is 9.66 Å². The number of pyridine rings is 1. The van der Waals surface area contributed by atoms with Crippen LogP contribution in [0.5, 0.6) is 0 Å². The van der Waals surface area contributed by atoms with Crippen molar-refractivity contribution in [1.29, 1.82) is 0 Å². The molecule has 3 heterocycles. The van der Waals surface area contributed by atoms with Gasteiger partial charge in [0.2, 0.25) is 5.16 Å². The van der Waals surface area contributed by atoms with Crippen LogP contribution >= 0.6 is 11.8 Å². The Morgan fingerprint density at radius 3 is 2.86 bits per heavy atom. The molecule has 148 valence electrons. The van der Waals surface area contributed by atoms with E-state index in [2.05, 4.69) is 15.2 Å². The Hall–Kier alpha value is -2.35. The summed E-state index contributed by atoms with van der Waals surface area (Å²) in [5.41, 5.74) is 2.31. The number of nitrogens with zero attached hydrogens (tertiary/aromatic N) is 5. The highest BCUT2D eigenvalue weighted by atomic mass is 32.2. The zero-order chi connectivity index (χ0) is 19.5. The number of rotatable bonds is 6. The van der Waals surface area contributed by atoms with Gasteiger partial charge in [0, 0.05) is 24.4 Å². The first-order valence-corrected chi connectivity index (χ1v) is 10.9. The van der Waals surface area contributed by atoms with Gasteiger partial charge in [0.25, 0.3) is 5.56 Å². The Labute approximate surface area is 168 Å². The lowest BCUT2D eigenvalue weighted by atomic mass is 9.86. The minimum atomic E-state index is -0.0771. The molecule has 0 aromatic carbocycles. The molecular weight excluding hydrogens is 372 g/mol. The van der Waals surface area contributed by atoms with E-state index >= 15 is 0 Å². The Kier molecular flexibility index (Phi) is 5.66. The molecule has 1 fully saturated rings. The van der Waals surface area contributed by atoms with E-state index in [-0.39, 0.29) is 5.56 Å². The van der Waals surface area contributed by atoms with Crippen LogP contribution in [-0.2, 0) is 12.2 Å². The molecule has 8 heteroatoms. The van der Waals surface area contributed by atoms with E-state index in [9.17, 15) is 4.79 Å². The number of hydrogen-bond donors (Lipinski definition) is 1. The van der Waals surface area contributed by atoms with Crippen LogP contribution < -0.4 is 11.4 Å². The molecule has 4 rings (SSSR count). The molecule has 0 aliphatic heterocycles. The Morgan fingerprint density at radius 2 is 2.04 bits per heavy atom. The second kappa shape index (κ2) is 8.34. The van der Waals surface area contributed by atoms with E-state index in [1.165, 1.54) is 43.9 Å². The third-order valence-electron chi connectivity index (χ3n) is 5.45. The van der Waals surface area contributed by atoms with Crippen LogP contribution in [0.25, 0.3) is 5.65 Å². The van der Waals surface area contributed by atoms with E-state index < -0.39 is 0 Å². The topological polar surface area (TPSA) is 91.1 Å². The maximum Gasteiger partial charge on any atom is 0.258 e. The number of hydrogen-bond acceptors (Lipinski definition) is 6. The summed E-state index contributed by atoms with van der Waals surface area (Å²) in [6.45, 7) is 1.95. The Balaban J connectivity index is 1.41. The molecule has 1 aliphatic carbocycles. The smallest absolute Gasteiger partial charge is 0.258 e. The number of nitrogen functional groups attached to an aromatic ring is 1. The number of nitrogens with two attached hydrogens (primary N) is 1. The first-order valence-electron chi connectivity index (χ1n) is 9.91. The quantitative estimate of drug-likeness (QED) is 0.507. The summed E-state index contributed by atoms with van der Waals surface area (Å²) in [6, 6.07) is 5.38. The fourth-order valence-corrected chi connectivity index (χ4v) is 4.62. The standard InChI is InChI=1S/C20H26N6OS/c1-14-7-9-17-22-16(11-19(27)25(17)12-14)13-28-20-24-23-18(26(20)21)10-8-15-5-3-2-4-6-15/h7,9,11-12,15H,2-6,8,10,13,21H2,1H3. The average molecular weight is 399 g/mol. The summed E-state index contributed by atoms with van der Waals surface area (Å²) in [5.74, 6) is 8.35. The van der Waals surface area contributed by atoms with Crippen molar-refractivity contribution in [1.82, 2.24) is 24.3 Å². The van der Waals surface area contributed by atoms with E-state index in [0.29, 0.717) is 22.3 Å². The van der Waals surface area contributed by atoms with Crippen molar-refractivity contribution in [3.05, 3.63) is 51.8 Å². The Morgan fingerprint density at radius 1 is 1.21 bits per heavy atom. The summed E-state index contributed by atoms with van der Waals surface area (Å²) in [6.07, 6.45) is 10.5. The van der Waals surface area contributed by atoms with Gasteiger partial charge < -0.3 is 5.84 Å². The van der Waals surface area contributed by atoms with Gasteiger partial charge in [-0.1, -0.05) is 49.9 Å². The molecule has 0 atom stereocenters. The minimum absolute atomic E-state index is 0.0771. The van der Waals surface area contributed by atoms with Gasteiger partial charge in [-0.15, -0.1) is 10.2 Å². The van der Waals surface area contributed by atoms with Gasteiger partial charge in [-0.05, 0) is 30.9 Å². The van der Waals surface area contributed by atoms with Crippen molar-refractivity contribution >= 4 is 17.4 Å². The molecular formula is C20H26N6OS. The number of aromatic nitrogens is 5. The van der Waals surface area contributed by atoms with Crippen molar-refractivity contribution in [2.45, 2.75) is 62.8 Å². The second-order valence-electron chi connectivity index (χ2n) is 7.62. The molecule has 3 aromatic rings. The minimum Gasteiger partial charge on any atom is -0.336 e. The van der Waals surface area contributed by atoms with Gasteiger partial charge in [0.1, 0.15) is 5.65 Å². The van der Waals surface area contributed by atoms with Crippen molar-refractivity contribution in [2.24, 2.45) is 5.92 Å². The number of thioether (sulfide) groups is 1. The third kappa shape index (κ3) is 4.22. The molecule has 0 unspecified atom stereocenters. The van der Waals surface area contributed by atoms with E-state index in [4.69, 9.17) is 5.84 Å². The van der Waals surface area contributed by atoms with Crippen molar-refractivity contribution in [3.63, 3.8) is 0 Å². The maximum atomic E-state index is 12.3. The zero-order valence-electron chi connectivity index (χ0n) is 16.2. The fraction of sp³-hybridized carbons (Fsp3) is 0.500. The van der Waals surface area contributed by atoms with E-state index in [1.807, 2.05) is 19.1 Å². The lowest BCUT2D eigenvalue weighted by molar-refractivity contribution is 0.336. The summed E-state index contributed by atoms with van der Waals surface area (Å²) in [7, 11) is 0. The predicted octanol–water partition coefficient (Wildman–Crippen LogP) is 3.11. The average Bonchev–Trinajstić information content (AvgIpc) is 3.06. The lowest BCUT2D eigenvalue weighted by Gasteiger charge is -2.20. The predicted molar refractivity (Wildman–Crippen MR) is 111 cm³/mol. The van der Waals surface area contributed by atoms with Crippen LogP contribution in [0.4, 0.5) is 0 Å². The van der Waals surface area contributed by atoms with E-state index in [1.54, 1.807) is 21.3 Å². The highest BCUT2D eigenvalue weighted by Gasteiger charge is 2.16. The van der Waals surface area contributed by atoms with Gasteiger partial charge in [0.15, 0.2) is 5.82 Å². The van der Waals surface area contributed by atoms with Gasteiger partial charge in [-0.2, -0.15) is 0 Å². The van der Waals surface area contributed by atoms with Crippen LogP contribution in [0.2, 0.25) is 0 Å². The molecule has 0 bridgehead atoms. The maximum absolute atomic E-state index is 12.3. The second-order valence-corrected chi connectivity index (χ2v) is 8.56. The van der Waals surface area contributed by atoms with Crippen LogP contribution in [-0.4, -0.2) is 24.3 Å². The molecule has 1 saturated carbocycles. The van der Waals surface area contributed by atoms with Crippen LogP contribution in [0, 0.1) is 12.8 Å². The SMILES string of the molecule is Cc1ccc2nc(CSc3nnc(CCC4CCCCC4)n3N)cc(=O)n2c1. The molecule has 0 saturated heterocycles. The van der Waals surface area contributed by atoms with Crippen LogP contribution in [0.1, 0.15) is 55.6 Å². The van der Waals surface area contributed by atoms with Crippen molar-refractivity contribution in [2.75, 3.05) is 5.84 Å². The first kappa shape index (κ1) is 19.0. The highest BCUT2D eigenvalue weighted by molar-refractivity contribution is 7.98. The van der Waals surface area contributed by atoms with Gasteiger partial charge >= 0.3 is 0 Å². The van der Waals surface area contributed by atoms with Gasteiger partial charge in [-0.3, -0.25) is 9.20 Å². The highest BCUT2D eigenvalue weighted by Crippen LogP contribution is 2.27. The van der Waals surface area contributed by atoms with Crippen molar-refractivity contribution < 1.29 is 0 Å². The summed E-state index contributed by atoms with van der Waals surface area (Å²) in [5, 5.41) is 9.16. The van der Waals surface area contributed by atoms with Crippen molar-refractivity contribution in [3.8, 4) is 0 Å². The Bertz CT molecular complexity index is 1020. The molecule has 2 N–H and O–H groups in total. The lowest BCUT2D eigenvalue weighted by Crippen LogP contribution is -2.16. The zero-order valence-corrected chi connectivity index (χ0v) is 17.0. The molecule has 0 amide bonds. The van der Waals surface area contributed by atoms with Crippen LogP contribution in [0.3, 0.4) is 0 Å². The molecule has 28 heavy (non-hydrogen) atoms. The third-order valence-corrected chi connectivity index (χ3v) is 6.42. The monoisotopic (exact) mass is 398 g/mol. The summed E-state index contributed by atoms with van der Waals surface area (Å²) < 4.78 is 3.16. The normalized spacial score (nSPS) is 15.3. The largest absolute Gasteiger partial charge is 0.336 e. The molecule has 0 spiro atoms.